The summed E-state index contributed by atoms with van der Waals surface area (Å²) in [6, 6.07) is 12.9. The number of thiophene rings is 1. The summed E-state index contributed by atoms with van der Waals surface area (Å²) in [5, 5.41) is 3.76. The molecule has 0 spiro atoms. The Balaban J connectivity index is 1.44. The van der Waals surface area contributed by atoms with Crippen LogP contribution in [0.25, 0.3) is 10.1 Å². The number of benzene rings is 2. The molecule has 1 amide bonds. The molecule has 0 radical (unpaired) electrons. The molecule has 144 valence electrons. The van der Waals surface area contributed by atoms with Crippen LogP contribution in [0.5, 0.6) is 11.5 Å². The van der Waals surface area contributed by atoms with Crippen molar-refractivity contribution in [3.8, 4) is 11.5 Å². The molecule has 2 aromatic carbocycles. The standard InChI is InChI=1S/C21H19NO5S/c1-12-15-5-3-4-6-18(15)28-19(12)21(24)27-13(2)20(23)22-14-7-8-16-17(11-14)26-10-9-25-16/h3-8,11,13H,9-10H2,1-2H3,(H,22,23)/t13-/m0/s1. The van der Waals surface area contributed by atoms with Gasteiger partial charge < -0.3 is 19.5 Å². The molecule has 1 aliphatic heterocycles. The Morgan fingerprint density at radius 2 is 1.86 bits per heavy atom. The van der Waals surface area contributed by atoms with E-state index < -0.39 is 18.0 Å². The second-order valence-corrected chi connectivity index (χ2v) is 7.50. The van der Waals surface area contributed by atoms with E-state index >= 15 is 0 Å². The Hall–Kier alpha value is -3.06. The second-order valence-electron chi connectivity index (χ2n) is 6.45. The van der Waals surface area contributed by atoms with Crippen LogP contribution in [-0.2, 0) is 9.53 Å². The maximum absolute atomic E-state index is 12.6. The molecule has 0 fully saturated rings. The van der Waals surface area contributed by atoms with Crippen LogP contribution in [0.2, 0.25) is 0 Å². The van der Waals surface area contributed by atoms with Crippen molar-refractivity contribution < 1.29 is 23.8 Å². The number of nitrogens with one attached hydrogen (secondary N) is 1. The third-order valence-electron chi connectivity index (χ3n) is 4.49. The minimum Gasteiger partial charge on any atom is -0.486 e. The Labute approximate surface area is 166 Å². The molecule has 3 aromatic rings. The first-order valence-corrected chi connectivity index (χ1v) is 9.74. The third kappa shape index (κ3) is 3.53. The number of hydrogen-bond acceptors (Lipinski definition) is 6. The highest BCUT2D eigenvalue weighted by atomic mass is 32.1. The summed E-state index contributed by atoms with van der Waals surface area (Å²) in [6.07, 6.45) is -0.940. The average molecular weight is 397 g/mol. The van der Waals surface area contributed by atoms with Crippen LogP contribution in [0.4, 0.5) is 5.69 Å². The SMILES string of the molecule is Cc1c(C(=O)O[C@@H](C)C(=O)Nc2ccc3c(c2)OCCO3)sc2ccccc12. The number of carbonyl (C=O) groups excluding carboxylic acids is 2. The van der Waals surface area contributed by atoms with Crippen molar-refractivity contribution in [2.24, 2.45) is 0 Å². The first-order valence-electron chi connectivity index (χ1n) is 8.92. The molecule has 1 atom stereocenters. The fraction of sp³-hybridized carbons (Fsp3) is 0.238. The normalized spacial score (nSPS) is 13.8. The van der Waals surface area contributed by atoms with Crippen molar-refractivity contribution in [3.05, 3.63) is 52.9 Å². The van der Waals surface area contributed by atoms with Crippen molar-refractivity contribution in [2.75, 3.05) is 18.5 Å². The zero-order chi connectivity index (χ0) is 19.7. The van der Waals surface area contributed by atoms with Crippen molar-refractivity contribution in [3.63, 3.8) is 0 Å². The van der Waals surface area contributed by atoms with Gasteiger partial charge in [0.1, 0.15) is 18.1 Å². The number of fused-ring (bicyclic) bond motifs is 2. The quantitative estimate of drug-likeness (QED) is 0.669. The van der Waals surface area contributed by atoms with Gasteiger partial charge in [-0.25, -0.2) is 4.79 Å². The molecule has 0 aliphatic carbocycles. The summed E-state index contributed by atoms with van der Waals surface area (Å²) in [4.78, 5) is 25.5. The van der Waals surface area contributed by atoms with E-state index in [1.165, 1.54) is 11.3 Å². The predicted octanol–water partition coefficient (Wildman–Crippen LogP) is 4.16. The third-order valence-corrected chi connectivity index (χ3v) is 5.74. The molecule has 2 heterocycles. The van der Waals surface area contributed by atoms with Gasteiger partial charge in [-0.1, -0.05) is 18.2 Å². The van der Waals surface area contributed by atoms with E-state index in [0.29, 0.717) is 35.3 Å². The first kappa shape index (κ1) is 18.3. The minimum absolute atomic E-state index is 0.413. The van der Waals surface area contributed by atoms with Crippen molar-refractivity contribution >= 4 is 39.0 Å². The van der Waals surface area contributed by atoms with Gasteiger partial charge >= 0.3 is 5.97 Å². The van der Waals surface area contributed by atoms with E-state index in [-0.39, 0.29) is 0 Å². The predicted molar refractivity (Wildman–Crippen MR) is 108 cm³/mol. The topological polar surface area (TPSA) is 73.9 Å². The van der Waals surface area contributed by atoms with Gasteiger partial charge in [0.15, 0.2) is 17.6 Å². The molecule has 1 N–H and O–H groups in total. The van der Waals surface area contributed by atoms with Crippen molar-refractivity contribution in [1.29, 1.82) is 0 Å². The highest BCUT2D eigenvalue weighted by molar-refractivity contribution is 7.21. The zero-order valence-corrected chi connectivity index (χ0v) is 16.3. The molecule has 0 saturated carbocycles. The van der Waals surface area contributed by atoms with Crippen LogP contribution in [0.1, 0.15) is 22.2 Å². The van der Waals surface area contributed by atoms with Crippen molar-refractivity contribution in [1.82, 2.24) is 0 Å². The smallest absolute Gasteiger partial charge is 0.349 e. The molecule has 0 bridgehead atoms. The van der Waals surface area contributed by atoms with Crippen LogP contribution in [-0.4, -0.2) is 31.2 Å². The number of hydrogen-bond donors (Lipinski definition) is 1. The van der Waals surface area contributed by atoms with E-state index in [4.69, 9.17) is 14.2 Å². The maximum Gasteiger partial charge on any atom is 0.349 e. The summed E-state index contributed by atoms with van der Waals surface area (Å²) in [5.41, 5.74) is 1.42. The molecule has 6 nitrogen and oxygen atoms in total. The van der Waals surface area contributed by atoms with Crippen LogP contribution in [0.3, 0.4) is 0 Å². The Bertz CT molecular complexity index is 1060. The summed E-state index contributed by atoms with van der Waals surface area (Å²) in [7, 11) is 0. The monoisotopic (exact) mass is 397 g/mol. The lowest BCUT2D eigenvalue weighted by Gasteiger charge is -2.19. The van der Waals surface area contributed by atoms with Gasteiger partial charge in [-0.2, -0.15) is 0 Å². The molecule has 0 saturated heterocycles. The lowest BCUT2D eigenvalue weighted by Crippen LogP contribution is -2.30. The maximum atomic E-state index is 12.6. The summed E-state index contributed by atoms with van der Waals surface area (Å²) in [6.45, 7) is 4.40. The minimum atomic E-state index is -0.940. The number of amides is 1. The molecular formula is C21H19NO5S. The number of aryl methyl sites for hydroxylation is 1. The highest BCUT2D eigenvalue weighted by Crippen LogP contribution is 2.33. The van der Waals surface area contributed by atoms with Crippen LogP contribution in [0.15, 0.2) is 42.5 Å². The fourth-order valence-electron chi connectivity index (χ4n) is 3.00. The van der Waals surface area contributed by atoms with Gasteiger partial charge in [-0.05, 0) is 43.0 Å². The molecular weight excluding hydrogens is 378 g/mol. The fourth-order valence-corrected chi connectivity index (χ4v) is 4.09. The Morgan fingerprint density at radius 1 is 1.11 bits per heavy atom. The molecule has 4 rings (SSSR count). The molecule has 7 heteroatoms. The van der Waals surface area contributed by atoms with Crippen LogP contribution >= 0.6 is 11.3 Å². The van der Waals surface area contributed by atoms with Crippen LogP contribution in [0, 0.1) is 6.92 Å². The number of rotatable bonds is 4. The van der Waals surface area contributed by atoms with E-state index in [1.54, 1.807) is 25.1 Å². The lowest BCUT2D eigenvalue weighted by molar-refractivity contribution is -0.123. The van der Waals surface area contributed by atoms with E-state index in [9.17, 15) is 9.59 Å². The van der Waals surface area contributed by atoms with Gasteiger partial charge in [0.25, 0.3) is 5.91 Å². The van der Waals surface area contributed by atoms with Crippen LogP contribution < -0.4 is 14.8 Å². The zero-order valence-electron chi connectivity index (χ0n) is 15.5. The Morgan fingerprint density at radius 3 is 2.64 bits per heavy atom. The molecule has 28 heavy (non-hydrogen) atoms. The van der Waals surface area contributed by atoms with Crippen molar-refractivity contribution in [2.45, 2.75) is 20.0 Å². The second kappa shape index (κ2) is 7.52. The van der Waals surface area contributed by atoms with Gasteiger partial charge in [0.05, 0.1) is 0 Å². The number of anilines is 1. The number of carbonyl (C=O) groups is 2. The molecule has 1 aromatic heterocycles. The highest BCUT2D eigenvalue weighted by Gasteiger charge is 2.23. The average Bonchev–Trinajstić information content (AvgIpc) is 3.05. The van der Waals surface area contributed by atoms with Gasteiger partial charge in [0, 0.05) is 16.5 Å². The van der Waals surface area contributed by atoms with E-state index in [0.717, 1.165) is 15.6 Å². The molecule has 1 aliphatic rings. The largest absolute Gasteiger partial charge is 0.486 e. The Kier molecular flexibility index (Phi) is 4.92. The van der Waals surface area contributed by atoms with Gasteiger partial charge in [-0.15, -0.1) is 11.3 Å². The summed E-state index contributed by atoms with van der Waals surface area (Å²) in [5.74, 6) is 0.311. The number of ether oxygens (including phenoxy) is 3. The van der Waals surface area contributed by atoms with Gasteiger partial charge in [0.2, 0.25) is 0 Å². The number of esters is 1. The summed E-state index contributed by atoms with van der Waals surface area (Å²) >= 11 is 1.37. The first-order chi connectivity index (χ1) is 13.5. The van der Waals surface area contributed by atoms with E-state index in [2.05, 4.69) is 5.32 Å². The van der Waals surface area contributed by atoms with E-state index in [1.807, 2.05) is 31.2 Å². The lowest BCUT2D eigenvalue weighted by atomic mass is 10.1. The molecule has 0 unspecified atom stereocenters. The summed E-state index contributed by atoms with van der Waals surface area (Å²) < 4.78 is 17.4. The van der Waals surface area contributed by atoms with Gasteiger partial charge in [-0.3, -0.25) is 4.79 Å².